The van der Waals surface area contributed by atoms with Crippen LogP contribution in [0.15, 0.2) is 24.3 Å². The lowest BCUT2D eigenvalue weighted by atomic mass is 10.1. The molecule has 2 unspecified atom stereocenters. The lowest BCUT2D eigenvalue weighted by molar-refractivity contribution is -0.119. The number of ether oxygens (including phenoxy) is 1. The van der Waals surface area contributed by atoms with Crippen molar-refractivity contribution < 1.29 is 14.6 Å². The molecule has 1 fully saturated rings. The van der Waals surface area contributed by atoms with E-state index in [1.165, 1.54) is 0 Å². The van der Waals surface area contributed by atoms with Gasteiger partial charge in [-0.1, -0.05) is 18.2 Å². The van der Waals surface area contributed by atoms with Gasteiger partial charge >= 0.3 is 0 Å². The molecule has 104 valence electrons. The third kappa shape index (κ3) is 4.04. The molecule has 4 heteroatoms. The Labute approximate surface area is 113 Å². The van der Waals surface area contributed by atoms with E-state index in [-0.39, 0.29) is 12.0 Å². The van der Waals surface area contributed by atoms with Gasteiger partial charge < -0.3 is 15.2 Å². The van der Waals surface area contributed by atoms with Gasteiger partial charge in [0.2, 0.25) is 5.91 Å². The zero-order valence-corrected chi connectivity index (χ0v) is 11.3. The topological polar surface area (TPSA) is 58.6 Å². The van der Waals surface area contributed by atoms with Crippen molar-refractivity contribution in [1.29, 1.82) is 0 Å². The minimum atomic E-state index is -0.595. The predicted molar refractivity (Wildman–Crippen MR) is 73.9 cm³/mol. The minimum Gasteiger partial charge on any atom is -0.389 e. The molecule has 0 aromatic heterocycles. The number of nitrogens with one attached hydrogen (secondary N) is 1. The van der Waals surface area contributed by atoms with E-state index in [1.807, 2.05) is 24.3 Å². The Balaban J connectivity index is 1.94. The summed E-state index contributed by atoms with van der Waals surface area (Å²) in [7, 11) is 0. The Morgan fingerprint density at radius 3 is 2.95 bits per heavy atom. The lowest BCUT2D eigenvalue weighted by Crippen LogP contribution is -2.26. The molecule has 0 spiro atoms. The van der Waals surface area contributed by atoms with E-state index in [0.29, 0.717) is 12.1 Å². The normalized spacial score (nSPS) is 20.8. The van der Waals surface area contributed by atoms with Crippen molar-refractivity contribution in [2.75, 3.05) is 11.9 Å². The molecule has 0 aliphatic carbocycles. The van der Waals surface area contributed by atoms with Crippen molar-refractivity contribution in [2.45, 2.75) is 44.8 Å². The van der Waals surface area contributed by atoms with E-state index < -0.39 is 6.10 Å². The monoisotopic (exact) mass is 263 g/mol. The van der Waals surface area contributed by atoms with E-state index in [0.717, 1.165) is 31.4 Å². The molecule has 0 saturated carbocycles. The summed E-state index contributed by atoms with van der Waals surface area (Å²) in [5, 5.41) is 12.5. The number of carbonyl (C=O) groups is 1. The average Bonchev–Trinajstić information content (AvgIpc) is 2.40. The molecule has 19 heavy (non-hydrogen) atoms. The van der Waals surface area contributed by atoms with E-state index in [1.54, 1.807) is 6.92 Å². The predicted octanol–water partition coefficient (Wildman–Crippen LogP) is 2.64. The number of aliphatic hydroxyl groups is 1. The van der Waals surface area contributed by atoms with Gasteiger partial charge in [-0.2, -0.15) is 0 Å². The zero-order chi connectivity index (χ0) is 13.7. The number of benzene rings is 1. The summed E-state index contributed by atoms with van der Waals surface area (Å²) in [4.78, 5) is 12.0. The van der Waals surface area contributed by atoms with Crippen LogP contribution >= 0.6 is 0 Å². The summed E-state index contributed by atoms with van der Waals surface area (Å²) in [6, 6.07) is 7.32. The number of aliphatic hydroxyl groups excluding tert-OH is 1. The maximum atomic E-state index is 12.0. The van der Waals surface area contributed by atoms with Crippen molar-refractivity contribution in [1.82, 2.24) is 0 Å². The van der Waals surface area contributed by atoms with Crippen LogP contribution in [0.4, 0.5) is 5.69 Å². The second-order valence-electron chi connectivity index (χ2n) is 5.00. The number of anilines is 1. The Morgan fingerprint density at radius 1 is 1.47 bits per heavy atom. The summed E-state index contributed by atoms with van der Waals surface area (Å²) >= 11 is 0. The highest BCUT2D eigenvalue weighted by Crippen LogP contribution is 2.23. The fraction of sp³-hybridized carbons (Fsp3) is 0.533. The largest absolute Gasteiger partial charge is 0.389 e. The number of para-hydroxylation sites is 1. The summed E-state index contributed by atoms with van der Waals surface area (Å²) in [6.45, 7) is 2.44. The van der Waals surface area contributed by atoms with E-state index in [4.69, 9.17) is 4.74 Å². The highest BCUT2D eigenvalue weighted by molar-refractivity contribution is 5.91. The maximum Gasteiger partial charge on any atom is 0.226 e. The summed E-state index contributed by atoms with van der Waals surface area (Å²) < 4.78 is 5.55. The Morgan fingerprint density at radius 2 is 2.26 bits per heavy atom. The molecule has 2 N–H and O–H groups in total. The zero-order valence-electron chi connectivity index (χ0n) is 11.3. The Hall–Kier alpha value is -1.39. The van der Waals surface area contributed by atoms with Gasteiger partial charge in [0.1, 0.15) is 0 Å². The van der Waals surface area contributed by atoms with E-state index >= 15 is 0 Å². The van der Waals surface area contributed by atoms with Gasteiger partial charge in [-0.25, -0.2) is 0 Å². The van der Waals surface area contributed by atoms with Crippen LogP contribution in [0.5, 0.6) is 0 Å². The first-order valence-corrected chi connectivity index (χ1v) is 6.85. The SMILES string of the molecule is CC(O)c1ccccc1NC(=O)CC1CCCCO1. The fourth-order valence-corrected chi connectivity index (χ4v) is 2.35. The van der Waals surface area contributed by atoms with E-state index in [2.05, 4.69) is 5.32 Å². The minimum absolute atomic E-state index is 0.0347. The fourth-order valence-electron chi connectivity index (χ4n) is 2.35. The molecule has 1 saturated heterocycles. The smallest absolute Gasteiger partial charge is 0.226 e. The molecule has 1 aromatic rings. The van der Waals surface area contributed by atoms with E-state index in [9.17, 15) is 9.90 Å². The Bertz CT molecular complexity index is 425. The molecular weight excluding hydrogens is 242 g/mol. The molecule has 0 bridgehead atoms. The summed E-state index contributed by atoms with van der Waals surface area (Å²) in [6.07, 6.45) is 2.99. The van der Waals surface area contributed by atoms with Crippen molar-refractivity contribution in [2.24, 2.45) is 0 Å². The van der Waals surface area contributed by atoms with Crippen LogP contribution in [0.25, 0.3) is 0 Å². The van der Waals surface area contributed by atoms with Crippen molar-refractivity contribution in [3.63, 3.8) is 0 Å². The highest BCUT2D eigenvalue weighted by atomic mass is 16.5. The molecule has 1 aliphatic rings. The second-order valence-corrected chi connectivity index (χ2v) is 5.00. The highest BCUT2D eigenvalue weighted by Gasteiger charge is 2.18. The molecule has 4 nitrogen and oxygen atoms in total. The quantitative estimate of drug-likeness (QED) is 0.878. The summed E-state index contributed by atoms with van der Waals surface area (Å²) in [5.41, 5.74) is 1.42. The molecular formula is C15H21NO3. The van der Waals surface area contributed by atoms with Crippen LogP contribution in [0.1, 0.15) is 44.3 Å². The van der Waals surface area contributed by atoms with Gasteiger partial charge in [0.05, 0.1) is 18.6 Å². The molecule has 0 radical (unpaired) electrons. The molecule has 1 amide bonds. The van der Waals surface area contributed by atoms with Gasteiger partial charge in [0.25, 0.3) is 0 Å². The van der Waals surface area contributed by atoms with Crippen molar-refractivity contribution >= 4 is 11.6 Å². The molecule has 1 aliphatic heterocycles. The third-order valence-corrected chi connectivity index (χ3v) is 3.37. The molecule has 1 heterocycles. The van der Waals surface area contributed by atoms with Crippen LogP contribution < -0.4 is 5.32 Å². The Kier molecular flexibility index (Phi) is 4.93. The average molecular weight is 263 g/mol. The number of rotatable bonds is 4. The van der Waals surface area contributed by atoms with Gasteiger partial charge in [-0.3, -0.25) is 4.79 Å². The van der Waals surface area contributed by atoms with Crippen LogP contribution in [-0.4, -0.2) is 23.7 Å². The number of hydrogen-bond acceptors (Lipinski definition) is 3. The first-order valence-electron chi connectivity index (χ1n) is 6.85. The lowest BCUT2D eigenvalue weighted by Gasteiger charge is -2.22. The number of amides is 1. The van der Waals surface area contributed by atoms with Crippen LogP contribution in [0, 0.1) is 0 Å². The summed E-state index contributed by atoms with van der Waals surface area (Å²) in [5.74, 6) is -0.0556. The molecule has 2 atom stereocenters. The maximum absolute atomic E-state index is 12.0. The number of hydrogen-bond donors (Lipinski definition) is 2. The van der Waals surface area contributed by atoms with Gasteiger partial charge in [-0.15, -0.1) is 0 Å². The second kappa shape index (κ2) is 6.68. The first-order chi connectivity index (χ1) is 9.16. The number of carbonyl (C=O) groups excluding carboxylic acids is 1. The van der Waals surface area contributed by atoms with Crippen molar-refractivity contribution in [3.05, 3.63) is 29.8 Å². The van der Waals surface area contributed by atoms with Gasteiger partial charge in [-0.05, 0) is 32.3 Å². The molecule has 1 aromatic carbocycles. The first kappa shape index (κ1) is 14.0. The van der Waals surface area contributed by atoms with Crippen LogP contribution in [-0.2, 0) is 9.53 Å². The van der Waals surface area contributed by atoms with Crippen molar-refractivity contribution in [3.8, 4) is 0 Å². The molecule has 2 rings (SSSR count). The van der Waals surface area contributed by atoms with Crippen LogP contribution in [0.2, 0.25) is 0 Å². The van der Waals surface area contributed by atoms with Gasteiger partial charge in [0.15, 0.2) is 0 Å². The standard InChI is InChI=1S/C15H21NO3/c1-11(17)13-7-2-3-8-14(13)16-15(18)10-12-6-4-5-9-19-12/h2-3,7-8,11-12,17H,4-6,9-10H2,1H3,(H,16,18). The third-order valence-electron chi connectivity index (χ3n) is 3.37. The van der Waals surface area contributed by atoms with Gasteiger partial charge in [0, 0.05) is 17.9 Å². The van der Waals surface area contributed by atoms with Crippen LogP contribution in [0.3, 0.4) is 0 Å².